The summed E-state index contributed by atoms with van der Waals surface area (Å²) in [5.41, 5.74) is 0.730. The number of carbonyl (C=O) groups is 1. The number of hydrogen-bond acceptors (Lipinski definition) is 2. The van der Waals surface area contributed by atoms with Gasteiger partial charge in [0.2, 0.25) is 5.91 Å². The topological polar surface area (TPSA) is 29.5 Å². The van der Waals surface area contributed by atoms with Crippen molar-refractivity contribution in [3.8, 4) is 18.1 Å². The van der Waals surface area contributed by atoms with Crippen molar-refractivity contribution in [3.05, 3.63) is 34.9 Å². The molecule has 2 rings (SSSR count). The molecule has 0 saturated carbocycles. The van der Waals surface area contributed by atoms with E-state index in [1.807, 2.05) is 22.6 Å². The van der Waals surface area contributed by atoms with Gasteiger partial charge in [0.1, 0.15) is 12.4 Å². The average Bonchev–Trinajstić information content (AvgIpc) is 2.50. The molecular weight excluding hydrogens is 527 g/mol. The Labute approximate surface area is 183 Å². The summed E-state index contributed by atoms with van der Waals surface area (Å²) in [6.45, 7) is -0.594. The molecule has 3 nitrogen and oxygen atoms in total. The van der Waals surface area contributed by atoms with Crippen LogP contribution in [0, 0.1) is 18.4 Å². The summed E-state index contributed by atoms with van der Waals surface area (Å²) in [7, 11) is 0. The zero-order valence-corrected chi connectivity index (χ0v) is 18.2. The summed E-state index contributed by atoms with van der Waals surface area (Å²) in [6, 6.07) is 4.76. The monoisotopic (exact) mass is 539 g/mol. The summed E-state index contributed by atoms with van der Waals surface area (Å²) in [4.78, 5) is 13.2. The van der Waals surface area contributed by atoms with Gasteiger partial charge in [0, 0.05) is 32.7 Å². The fourth-order valence-electron chi connectivity index (χ4n) is 2.11. The summed E-state index contributed by atoms with van der Waals surface area (Å²) in [5.74, 6) is 2.43. The molecule has 125 valence electrons. The molecule has 1 radical (unpaired) electrons. The molecule has 0 bridgehead atoms. The summed E-state index contributed by atoms with van der Waals surface area (Å²) >= 11 is 8.13. The molecule has 0 spiro atoms. The minimum absolute atomic E-state index is 0. The van der Waals surface area contributed by atoms with Crippen LogP contribution in [0.15, 0.2) is 18.2 Å². The number of alkyl halides is 3. The molecule has 0 aliphatic carbocycles. The van der Waals surface area contributed by atoms with E-state index in [2.05, 4.69) is 12.0 Å². The van der Waals surface area contributed by atoms with E-state index in [1.54, 1.807) is 12.1 Å². The fourth-order valence-corrected chi connectivity index (χ4v) is 2.93. The van der Waals surface area contributed by atoms with Crippen LogP contribution in [0.1, 0.15) is 12.0 Å². The largest absolute Gasteiger partial charge is 0.481 e. The van der Waals surface area contributed by atoms with Gasteiger partial charge in [0.15, 0.2) is 0 Å². The number of halogens is 4. The van der Waals surface area contributed by atoms with Crippen LogP contribution in [-0.4, -0.2) is 34.3 Å². The zero-order valence-electron chi connectivity index (χ0n) is 12.4. The van der Waals surface area contributed by atoms with Crippen LogP contribution in [0.2, 0.25) is 5.02 Å². The molecular formula is C16H12ClF2INO2Y-. The third-order valence-corrected chi connectivity index (χ3v) is 4.38. The molecule has 1 heterocycles. The van der Waals surface area contributed by atoms with Gasteiger partial charge in [-0.3, -0.25) is 4.79 Å². The van der Waals surface area contributed by atoms with E-state index >= 15 is 0 Å². The molecule has 1 aromatic rings. The smallest absolute Gasteiger partial charge is 0.256 e. The number of carbonyl (C=O) groups excluding carboxylic acids is 1. The molecule has 0 N–H and O–H groups in total. The summed E-state index contributed by atoms with van der Waals surface area (Å²) < 4.78 is 30.5. The number of ether oxygens (including phenoxy) is 1. The van der Waals surface area contributed by atoms with E-state index in [4.69, 9.17) is 22.8 Å². The van der Waals surface area contributed by atoms with Gasteiger partial charge in [-0.1, -0.05) is 34.9 Å². The first kappa shape index (κ1) is 21.8. The van der Waals surface area contributed by atoms with Gasteiger partial charge in [0.05, 0.1) is 10.5 Å². The second kappa shape index (κ2) is 10.1. The van der Waals surface area contributed by atoms with Crippen molar-refractivity contribution >= 4 is 45.8 Å². The molecule has 1 unspecified atom stereocenters. The molecule has 0 saturated heterocycles. The first-order valence-electron chi connectivity index (χ1n) is 6.64. The van der Waals surface area contributed by atoms with E-state index in [0.29, 0.717) is 17.7 Å². The van der Waals surface area contributed by atoms with Crippen molar-refractivity contribution in [2.45, 2.75) is 16.8 Å². The second-order valence-electron chi connectivity index (χ2n) is 4.67. The van der Waals surface area contributed by atoms with Gasteiger partial charge in [0.25, 0.3) is 6.43 Å². The van der Waals surface area contributed by atoms with E-state index in [-0.39, 0.29) is 55.9 Å². The van der Waals surface area contributed by atoms with Crippen molar-refractivity contribution in [3.63, 3.8) is 0 Å². The Balaban J connectivity index is 0.00000288. The van der Waals surface area contributed by atoms with Gasteiger partial charge in [-0.25, -0.2) is 14.9 Å². The van der Waals surface area contributed by atoms with E-state index in [9.17, 15) is 13.6 Å². The molecule has 1 aromatic carbocycles. The number of amides is 1. The van der Waals surface area contributed by atoms with Gasteiger partial charge >= 0.3 is 0 Å². The minimum atomic E-state index is -2.64. The maximum absolute atomic E-state index is 12.8. The normalized spacial score (nSPS) is 17.2. The minimum Gasteiger partial charge on any atom is -0.481 e. The fraction of sp³-hybridized carbons (Fsp3) is 0.312. The number of nitrogens with zero attached hydrogens (tertiary/aromatic N) is 1. The number of hydrogen-bond donors (Lipinski definition) is 0. The SMILES string of the molecule is C#CCOc1ccc(C2=[C-]CC(I)C(=O)N2CC(F)F)c(Cl)c1.[Y]. The quantitative estimate of drug-likeness (QED) is 0.247. The predicted molar refractivity (Wildman–Crippen MR) is 92.6 cm³/mol. The van der Waals surface area contributed by atoms with Crippen LogP contribution in [0.25, 0.3) is 5.70 Å². The Morgan fingerprint density at radius 1 is 1.54 bits per heavy atom. The molecule has 0 fully saturated rings. The third kappa shape index (κ3) is 5.38. The van der Waals surface area contributed by atoms with Crippen molar-refractivity contribution in [1.29, 1.82) is 0 Å². The van der Waals surface area contributed by atoms with Crippen LogP contribution >= 0.6 is 34.2 Å². The molecule has 1 aliphatic heterocycles. The molecule has 24 heavy (non-hydrogen) atoms. The van der Waals surface area contributed by atoms with Crippen molar-refractivity contribution < 1.29 is 51.0 Å². The first-order chi connectivity index (χ1) is 10.9. The zero-order chi connectivity index (χ0) is 17.0. The van der Waals surface area contributed by atoms with Crippen molar-refractivity contribution in [1.82, 2.24) is 4.90 Å². The van der Waals surface area contributed by atoms with Crippen LogP contribution in [0.3, 0.4) is 0 Å². The number of allylic oxidation sites excluding steroid dienone is 1. The maximum atomic E-state index is 12.8. The predicted octanol–water partition coefficient (Wildman–Crippen LogP) is 3.79. The molecule has 0 aromatic heterocycles. The molecule has 8 heteroatoms. The van der Waals surface area contributed by atoms with Crippen LogP contribution < -0.4 is 4.74 Å². The molecule has 1 aliphatic rings. The number of benzene rings is 1. The Morgan fingerprint density at radius 2 is 2.25 bits per heavy atom. The molecule has 1 atom stereocenters. The second-order valence-corrected chi connectivity index (χ2v) is 6.58. The maximum Gasteiger partial charge on any atom is 0.256 e. The number of terminal acetylenes is 1. The van der Waals surface area contributed by atoms with Crippen LogP contribution in [0.4, 0.5) is 8.78 Å². The Bertz CT molecular complexity index is 679. The molecule has 1 amide bonds. The van der Waals surface area contributed by atoms with Gasteiger partial charge < -0.3 is 9.64 Å². The first-order valence-corrected chi connectivity index (χ1v) is 8.27. The van der Waals surface area contributed by atoms with Crippen LogP contribution in [0.5, 0.6) is 5.75 Å². The van der Waals surface area contributed by atoms with Gasteiger partial charge in [-0.05, 0) is 17.2 Å². The van der Waals surface area contributed by atoms with Crippen molar-refractivity contribution in [2.75, 3.05) is 13.2 Å². The van der Waals surface area contributed by atoms with Crippen LogP contribution in [-0.2, 0) is 37.5 Å². The van der Waals surface area contributed by atoms with E-state index in [0.717, 1.165) is 4.90 Å². The Morgan fingerprint density at radius 3 is 2.83 bits per heavy atom. The van der Waals surface area contributed by atoms with E-state index < -0.39 is 16.9 Å². The standard InChI is InChI=1S/C16H12ClF2INO2.Y/c1-2-7-23-10-3-4-11(12(17)8-10)14-6-5-13(20)16(22)21(14)9-15(18)19;/h1,3-4,8,13,15H,5,7,9H2;/q-1;. The Hall–Kier alpha value is -0.226. The van der Waals surface area contributed by atoms with Crippen molar-refractivity contribution in [2.24, 2.45) is 0 Å². The Kier molecular flexibility index (Phi) is 9.14. The summed E-state index contributed by atoms with van der Waals surface area (Å²) in [5, 5.41) is 0.279. The third-order valence-electron chi connectivity index (χ3n) is 3.09. The summed E-state index contributed by atoms with van der Waals surface area (Å²) in [6.07, 6.45) is 5.82. The number of rotatable bonds is 5. The van der Waals surface area contributed by atoms with E-state index in [1.165, 1.54) is 6.07 Å². The van der Waals surface area contributed by atoms with Gasteiger partial charge in [-0.2, -0.15) is 0 Å². The van der Waals surface area contributed by atoms with Gasteiger partial charge in [-0.15, -0.1) is 35.4 Å². The average molecular weight is 540 g/mol.